The second-order valence-corrected chi connectivity index (χ2v) is 6.04. The summed E-state index contributed by atoms with van der Waals surface area (Å²) in [4.78, 5) is 25.7. The first-order valence-corrected chi connectivity index (χ1v) is 8.12. The minimum atomic E-state index is -0.0835. The van der Waals surface area contributed by atoms with Gasteiger partial charge >= 0.3 is 0 Å². The number of anilines is 1. The Balaban J connectivity index is 1.92. The van der Waals surface area contributed by atoms with E-state index in [0.29, 0.717) is 13.1 Å². The van der Waals surface area contributed by atoms with Crippen LogP contribution in [0, 0.1) is 13.8 Å². The molecule has 0 unspecified atom stereocenters. The number of rotatable bonds is 6. The molecule has 24 heavy (non-hydrogen) atoms. The van der Waals surface area contributed by atoms with Gasteiger partial charge in [-0.2, -0.15) is 0 Å². The van der Waals surface area contributed by atoms with Gasteiger partial charge in [0, 0.05) is 32.1 Å². The SMILES string of the molecule is CC(=O)N(CCC(=O)Nc1ccccc1C)Cc1cccc(C)c1. The predicted molar refractivity (Wildman–Crippen MR) is 96.7 cm³/mol. The van der Waals surface area contributed by atoms with Crippen LogP contribution in [0.25, 0.3) is 0 Å². The lowest BCUT2D eigenvalue weighted by atomic mass is 10.1. The van der Waals surface area contributed by atoms with Gasteiger partial charge in [0.05, 0.1) is 0 Å². The van der Waals surface area contributed by atoms with Crippen molar-refractivity contribution in [1.82, 2.24) is 4.90 Å². The molecular weight excluding hydrogens is 300 g/mol. The Hall–Kier alpha value is -2.62. The van der Waals surface area contributed by atoms with Crippen LogP contribution in [0.2, 0.25) is 0 Å². The monoisotopic (exact) mass is 324 g/mol. The third-order valence-electron chi connectivity index (χ3n) is 3.93. The Morgan fingerprint density at radius 2 is 1.79 bits per heavy atom. The molecule has 2 amide bonds. The fraction of sp³-hybridized carbons (Fsp3) is 0.300. The number of para-hydroxylation sites is 1. The highest BCUT2D eigenvalue weighted by Crippen LogP contribution is 2.14. The topological polar surface area (TPSA) is 49.4 Å². The summed E-state index contributed by atoms with van der Waals surface area (Å²) in [5, 5.41) is 2.90. The Morgan fingerprint density at radius 1 is 1.04 bits per heavy atom. The average molecular weight is 324 g/mol. The number of hydrogen-bond donors (Lipinski definition) is 1. The van der Waals surface area contributed by atoms with Crippen molar-refractivity contribution in [2.24, 2.45) is 0 Å². The normalized spacial score (nSPS) is 10.3. The van der Waals surface area contributed by atoms with E-state index in [-0.39, 0.29) is 18.2 Å². The maximum absolute atomic E-state index is 12.1. The zero-order chi connectivity index (χ0) is 17.5. The Labute approximate surface area is 143 Å². The molecule has 126 valence electrons. The molecule has 0 heterocycles. The van der Waals surface area contributed by atoms with Crippen LogP contribution in [0.15, 0.2) is 48.5 Å². The van der Waals surface area contributed by atoms with Gasteiger partial charge in [-0.1, -0.05) is 48.0 Å². The van der Waals surface area contributed by atoms with Crippen LogP contribution >= 0.6 is 0 Å². The smallest absolute Gasteiger partial charge is 0.226 e. The summed E-state index contributed by atoms with van der Waals surface area (Å²) in [6, 6.07) is 15.7. The van der Waals surface area contributed by atoms with Gasteiger partial charge < -0.3 is 10.2 Å². The molecule has 0 aliphatic rings. The van der Waals surface area contributed by atoms with E-state index in [1.165, 1.54) is 6.92 Å². The zero-order valence-corrected chi connectivity index (χ0v) is 14.5. The summed E-state index contributed by atoms with van der Waals surface area (Å²) in [7, 11) is 0. The molecular formula is C20H24N2O2. The maximum Gasteiger partial charge on any atom is 0.226 e. The summed E-state index contributed by atoms with van der Waals surface area (Å²) in [6.07, 6.45) is 0.278. The van der Waals surface area contributed by atoms with E-state index in [9.17, 15) is 9.59 Å². The van der Waals surface area contributed by atoms with Crippen molar-refractivity contribution in [2.45, 2.75) is 33.7 Å². The van der Waals surface area contributed by atoms with Crippen molar-refractivity contribution in [3.63, 3.8) is 0 Å². The number of benzene rings is 2. The van der Waals surface area contributed by atoms with Crippen molar-refractivity contribution >= 4 is 17.5 Å². The quantitative estimate of drug-likeness (QED) is 0.881. The molecule has 0 aliphatic carbocycles. The van der Waals surface area contributed by atoms with Crippen LogP contribution in [0.5, 0.6) is 0 Å². The number of nitrogens with one attached hydrogen (secondary N) is 1. The van der Waals surface area contributed by atoms with Crippen LogP contribution in [-0.2, 0) is 16.1 Å². The van der Waals surface area contributed by atoms with Gasteiger partial charge in [-0.05, 0) is 31.0 Å². The maximum atomic E-state index is 12.1. The molecule has 0 bridgehead atoms. The van der Waals surface area contributed by atoms with Gasteiger partial charge in [-0.3, -0.25) is 9.59 Å². The number of carbonyl (C=O) groups is 2. The molecule has 0 radical (unpaired) electrons. The minimum absolute atomic E-state index is 0.0276. The average Bonchev–Trinajstić information content (AvgIpc) is 2.53. The van der Waals surface area contributed by atoms with Gasteiger partial charge in [0.25, 0.3) is 0 Å². The lowest BCUT2D eigenvalue weighted by molar-refractivity contribution is -0.129. The highest BCUT2D eigenvalue weighted by molar-refractivity contribution is 5.91. The molecule has 0 atom stereocenters. The molecule has 4 heteroatoms. The highest BCUT2D eigenvalue weighted by Gasteiger charge is 2.12. The van der Waals surface area contributed by atoms with Gasteiger partial charge in [-0.25, -0.2) is 0 Å². The van der Waals surface area contributed by atoms with E-state index in [1.807, 2.05) is 56.3 Å². The molecule has 0 spiro atoms. The first kappa shape index (κ1) is 17.7. The van der Waals surface area contributed by atoms with Gasteiger partial charge in [0.15, 0.2) is 0 Å². The number of nitrogens with zero attached hydrogens (tertiary/aromatic N) is 1. The van der Waals surface area contributed by atoms with Crippen molar-refractivity contribution < 1.29 is 9.59 Å². The van der Waals surface area contributed by atoms with Crippen molar-refractivity contribution in [1.29, 1.82) is 0 Å². The van der Waals surface area contributed by atoms with E-state index in [2.05, 4.69) is 11.4 Å². The third kappa shape index (κ3) is 5.23. The fourth-order valence-electron chi connectivity index (χ4n) is 2.54. The molecule has 4 nitrogen and oxygen atoms in total. The van der Waals surface area contributed by atoms with Gasteiger partial charge in [0.1, 0.15) is 0 Å². The molecule has 0 saturated carbocycles. The van der Waals surface area contributed by atoms with Crippen LogP contribution < -0.4 is 5.32 Å². The number of aryl methyl sites for hydroxylation is 2. The van der Waals surface area contributed by atoms with Crippen molar-refractivity contribution in [2.75, 3.05) is 11.9 Å². The Morgan fingerprint density at radius 3 is 2.46 bits per heavy atom. The lowest BCUT2D eigenvalue weighted by Crippen LogP contribution is -2.31. The minimum Gasteiger partial charge on any atom is -0.338 e. The molecule has 0 saturated heterocycles. The second-order valence-electron chi connectivity index (χ2n) is 6.04. The summed E-state index contributed by atoms with van der Waals surface area (Å²) in [6.45, 7) is 6.44. The van der Waals surface area contributed by atoms with Crippen LogP contribution in [0.3, 0.4) is 0 Å². The van der Waals surface area contributed by atoms with E-state index in [0.717, 1.165) is 22.4 Å². The molecule has 0 fully saturated rings. The first-order chi connectivity index (χ1) is 11.5. The Bertz CT molecular complexity index is 725. The molecule has 1 N–H and O–H groups in total. The Kier molecular flexibility index (Phi) is 6.13. The fourth-order valence-corrected chi connectivity index (χ4v) is 2.54. The van der Waals surface area contributed by atoms with E-state index in [4.69, 9.17) is 0 Å². The highest BCUT2D eigenvalue weighted by atomic mass is 16.2. The van der Waals surface area contributed by atoms with Gasteiger partial charge in [0.2, 0.25) is 11.8 Å². The number of carbonyl (C=O) groups excluding carboxylic acids is 2. The van der Waals surface area contributed by atoms with Crippen molar-refractivity contribution in [3.8, 4) is 0 Å². The summed E-state index contributed by atoms with van der Waals surface area (Å²) >= 11 is 0. The van der Waals surface area contributed by atoms with E-state index >= 15 is 0 Å². The summed E-state index contributed by atoms with van der Waals surface area (Å²) < 4.78 is 0. The largest absolute Gasteiger partial charge is 0.338 e. The van der Waals surface area contributed by atoms with E-state index in [1.54, 1.807) is 4.90 Å². The van der Waals surface area contributed by atoms with Gasteiger partial charge in [-0.15, -0.1) is 0 Å². The second kappa shape index (κ2) is 8.29. The lowest BCUT2D eigenvalue weighted by Gasteiger charge is -2.21. The first-order valence-electron chi connectivity index (χ1n) is 8.12. The molecule has 2 rings (SSSR count). The van der Waals surface area contributed by atoms with Crippen LogP contribution in [0.1, 0.15) is 30.0 Å². The summed E-state index contributed by atoms with van der Waals surface area (Å²) in [5.41, 5.74) is 4.07. The standard InChI is InChI=1S/C20H24N2O2/c1-15-7-6-9-18(13-15)14-22(17(3)23)12-11-20(24)21-19-10-5-4-8-16(19)2/h4-10,13H,11-12,14H2,1-3H3,(H,21,24). The van der Waals surface area contributed by atoms with Crippen LogP contribution in [-0.4, -0.2) is 23.3 Å². The number of hydrogen-bond acceptors (Lipinski definition) is 2. The molecule has 2 aromatic rings. The van der Waals surface area contributed by atoms with Crippen molar-refractivity contribution in [3.05, 3.63) is 65.2 Å². The van der Waals surface area contributed by atoms with Crippen LogP contribution in [0.4, 0.5) is 5.69 Å². The molecule has 0 aliphatic heterocycles. The number of amides is 2. The zero-order valence-electron chi connectivity index (χ0n) is 14.5. The summed E-state index contributed by atoms with van der Waals surface area (Å²) in [5.74, 6) is -0.111. The van der Waals surface area contributed by atoms with E-state index < -0.39 is 0 Å². The third-order valence-corrected chi connectivity index (χ3v) is 3.93. The molecule has 2 aromatic carbocycles. The predicted octanol–water partition coefficient (Wildman–Crippen LogP) is 3.68. The molecule has 0 aromatic heterocycles.